The highest BCUT2D eigenvalue weighted by Crippen LogP contribution is 2.34. The molecule has 0 saturated heterocycles. The molecule has 0 radical (unpaired) electrons. The Morgan fingerprint density at radius 3 is 2.50 bits per heavy atom. The van der Waals surface area contributed by atoms with Gasteiger partial charge in [0.15, 0.2) is 5.75 Å². The highest BCUT2D eigenvalue weighted by Gasteiger charge is 2.19. The third-order valence-electron chi connectivity index (χ3n) is 4.01. The average molecular weight is 386 g/mol. The molecule has 1 aromatic carbocycles. The van der Waals surface area contributed by atoms with Crippen LogP contribution in [0.3, 0.4) is 0 Å². The molecule has 0 saturated carbocycles. The molecule has 6 heteroatoms. The summed E-state index contributed by atoms with van der Waals surface area (Å²) in [6.07, 6.45) is 6.22. The topological polar surface area (TPSA) is 75.0 Å². The van der Waals surface area contributed by atoms with Gasteiger partial charge >= 0.3 is 11.6 Å². The van der Waals surface area contributed by atoms with E-state index < -0.39 is 11.6 Å². The number of hydrogen-bond acceptors (Lipinski definition) is 6. The number of carbonyl (C=O) groups is 1. The lowest BCUT2D eigenvalue weighted by Gasteiger charge is -2.10. The van der Waals surface area contributed by atoms with Crippen LogP contribution < -0.4 is 19.8 Å². The van der Waals surface area contributed by atoms with Gasteiger partial charge in [0, 0.05) is 13.0 Å². The smallest absolute Gasteiger partial charge is 0.383 e. The van der Waals surface area contributed by atoms with Crippen molar-refractivity contribution in [1.82, 2.24) is 0 Å². The molecule has 0 fully saturated rings. The van der Waals surface area contributed by atoms with Crippen LogP contribution in [0.1, 0.15) is 40.5 Å². The van der Waals surface area contributed by atoms with E-state index in [2.05, 4.69) is 26.8 Å². The molecule has 2 aromatic rings. The number of fused-ring (bicyclic) bond motifs is 1. The van der Waals surface area contributed by atoms with Crippen molar-refractivity contribution in [3.63, 3.8) is 0 Å². The number of benzene rings is 1. The molecule has 0 spiro atoms. The highest BCUT2D eigenvalue weighted by molar-refractivity contribution is 5.89. The van der Waals surface area contributed by atoms with Crippen LogP contribution in [0.5, 0.6) is 17.2 Å². The van der Waals surface area contributed by atoms with E-state index in [1.165, 1.54) is 25.2 Å². The van der Waals surface area contributed by atoms with Crippen LogP contribution in [0.25, 0.3) is 11.0 Å². The molecule has 0 aliphatic rings. The summed E-state index contributed by atoms with van der Waals surface area (Å²) in [5.74, 6) is -0.115. The molecule has 150 valence electrons. The highest BCUT2D eigenvalue weighted by atomic mass is 16.6. The summed E-state index contributed by atoms with van der Waals surface area (Å²) >= 11 is 0. The molecule has 2 rings (SSSR count). The summed E-state index contributed by atoms with van der Waals surface area (Å²) in [7, 11) is 1.31. The molecule has 1 heterocycles. The molecule has 0 bridgehead atoms. The zero-order chi connectivity index (χ0) is 20.7. The van der Waals surface area contributed by atoms with Gasteiger partial charge in [-0.15, -0.1) is 0 Å². The fourth-order valence-electron chi connectivity index (χ4n) is 2.62. The van der Waals surface area contributed by atoms with Crippen molar-refractivity contribution in [2.24, 2.45) is 0 Å². The summed E-state index contributed by atoms with van der Waals surface area (Å²) in [6, 6.07) is 4.98. The SMILES string of the molecule is COc1c(OC(C)=O)c2ccc(OC/C=C(\C)CCC=C(C)C)cc2oc1=O. The van der Waals surface area contributed by atoms with Crippen LogP contribution in [0, 0.1) is 0 Å². The number of methoxy groups -OCH3 is 1. The van der Waals surface area contributed by atoms with Crippen LogP contribution in [0.2, 0.25) is 0 Å². The summed E-state index contributed by atoms with van der Waals surface area (Å²) in [6.45, 7) is 7.90. The fraction of sp³-hybridized carbons (Fsp3) is 0.364. The molecule has 0 atom stereocenters. The van der Waals surface area contributed by atoms with Crippen LogP contribution in [-0.4, -0.2) is 19.7 Å². The first-order chi connectivity index (χ1) is 13.3. The summed E-state index contributed by atoms with van der Waals surface area (Å²) in [5, 5.41) is 0.451. The Kier molecular flexibility index (Phi) is 7.44. The zero-order valence-corrected chi connectivity index (χ0v) is 17.0. The molecule has 0 aliphatic heterocycles. The van der Waals surface area contributed by atoms with Crippen molar-refractivity contribution >= 4 is 16.9 Å². The first kappa shape index (κ1) is 21.3. The monoisotopic (exact) mass is 386 g/mol. The second kappa shape index (κ2) is 9.78. The van der Waals surface area contributed by atoms with Crippen molar-refractivity contribution < 1.29 is 23.4 Å². The average Bonchev–Trinajstić information content (AvgIpc) is 2.61. The normalized spacial score (nSPS) is 11.2. The van der Waals surface area contributed by atoms with Gasteiger partial charge in [-0.1, -0.05) is 17.2 Å². The largest absolute Gasteiger partial charge is 0.489 e. The lowest BCUT2D eigenvalue weighted by atomic mass is 10.1. The van der Waals surface area contributed by atoms with E-state index in [9.17, 15) is 9.59 Å². The van der Waals surface area contributed by atoms with Crippen LogP contribution in [0.4, 0.5) is 0 Å². The van der Waals surface area contributed by atoms with Gasteiger partial charge in [-0.25, -0.2) is 4.79 Å². The quantitative estimate of drug-likeness (QED) is 0.369. The standard InChI is InChI=1S/C22H26O6/c1-14(2)7-6-8-15(3)11-12-26-17-9-10-18-19(13-17)28-22(24)21(25-5)20(18)27-16(4)23/h7,9-11,13H,6,8,12H2,1-5H3/b15-11+. The van der Waals surface area contributed by atoms with Gasteiger partial charge in [0.05, 0.1) is 12.5 Å². The number of allylic oxidation sites excluding steroid dienone is 3. The van der Waals surface area contributed by atoms with E-state index in [0.29, 0.717) is 17.7 Å². The van der Waals surface area contributed by atoms with Crippen molar-refractivity contribution in [1.29, 1.82) is 0 Å². The van der Waals surface area contributed by atoms with Crippen LogP contribution in [-0.2, 0) is 4.79 Å². The third kappa shape index (κ3) is 5.74. The maximum atomic E-state index is 12.1. The van der Waals surface area contributed by atoms with E-state index in [1.807, 2.05) is 6.08 Å². The van der Waals surface area contributed by atoms with E-state index in [1.54, 1.807) is 18.2 Å². The Bertz CT molecular complexity index is 961. The first-order valence-electron chi connectivity index (χ1n) is 9.07. The number of carbonyl (C=O) groups excluding carboxylic acids is 1. The number of ether oxygens (including phenoxy) is 3. The zero-order valence-electron chi connectivity index (χ0n) is 17.0. The lowest BCUT2D eigenvalue weighted by molar-refractivity contribution is -0.131. The van der Waals surface area contributed by atoms with Gasteiger partial charge in [-0.3, -0.25) is 4.79 Å². The molecule has 0 N–H and O–H groups in total. The predicted octanol–water partition coefficient (Wildman–Crippen LogP) is 4.80. The first-order valence-corrected chi connectivity index (χ1v) is 9.07. The van der Waals surface area contributed by atoms with Gasteiger partial charge in [0.2, 0.25) is 5.75 Å². The van der Waals surface area contributed by atoms with E-state index in [-0.39, 0.29) is 17.1 Å². The summed E-state index contributed by atoms with van der Waals surface area (Å²) in [4.78, 5) is 23.5. The Morgan fingerprint density at radius 2 is 1.86 bits per heavy atom. The number of hydrogen-bond donors (Lipinski definition) is 0. The Balaban J connectivity index is 2.19. The molecule has 28 heavy (non-hydrogen) atoms. The van der Waals surface area contributed by atoms with Crippen molar-refractivity contribution in [3.05, 3.63) is 51.9 Å². The van der Waals surface area contributed by atoms with Gasteiger partial charge in [-0.05, 0) is 51.8 Å². The van der Waals surface area contributed by atoms with Gasteiger partial charge in [0.25, 0.3) is 0 Å². The molecule has 0 unspecified atom stereocenters. The minimum absolute atomic E-state index is 0.0443. The summed E-state index contributed by atoms with van der Waals surface area (Å²) in [5.41, 5.74) is 2.08. The maximum absolute atomic E-state index is 12.1. The van der Waals surface area contributed by atoms with Crippen LogP contribution in [0.15, 0.2) is 50.7 Å². The molecule has 1 aromatic heterocycles. The lowest BCUT2D eigenvalue weighted by Crippen LogP contribution is -2.10. The second-order valence-corrected chi connectivity index (χ2v) is 6.69. The Morgan fingerprint density at radius 1 is 1.11 bits per heavy atom. The minimum atomic E-state index is -0.724. The third-order valence-corrected chi connectivity index (χ3v) is 4.01. The molecule has 0 amide bonds. The van der Waals surface area contributed by atoms with E-state index in [0.717, 1.165) is 12.8 Å². The predicted molar refractivity (Wildman–Crippen MR) is 108 cm³/mol. The number of rotatable bonds is 8. The van der Waals surface area contributed by atoms with E-state index >= 15 is 0 Å². The van der Waals surface area contributed by atoms with E-state index in [4.69, 9.17) is 18.6 Å². The summed E-state index contributed by atoms with van der Waals surface area (Å²) < 4.78 is 21.2. The number of esters is 1. The van der Waals surface area contributed by atoms with Gasteiger partial charge in [-0.2, -0.15) is 0 Å². The molecular formula is C22H26O6. The molecule has 6 nitrogen and oxygen atoms in total. The second-order valence-electron chi connectivity index (χ2n) is 6.69. The Hall–Kier alpha value is -3.02. The molecular weight excluding hydrogens is 360 g/mol. The van der Waals surface area contributed by atoms with Crippen molar-refractivity contribution in [2.75, 3.05) is 13.7 Å². The maximum Gasteiger partial charge on any atom is 0.383 e. The van der Waals surface area contributed by atoms with Gasteiger partial charge < -0.3 is 18.6 Å². The fourth-order valence-corrected chi connectivity index (χ4v) is 2.62. The van der Waals surface area contributed by atoms with Crippen molar-refractivity contribution in [3.8, 4) is 17.2 Å². The van der Waals surface area contributed by atoms with Crippen LogP contribution >= 0.6 is 0 Å². The Labute approximate surface area is 164 Å². The van der Waals surface area contributed by atoms with Crippen molar-refractivity contribution in [2.45, 2.75) is 40.5 Å². The molecule has 0 aliphatic carbocycles. The minimum Gasteiger partial charge on any atom is -0.489 e. The van der Waals surface area contributed by atoms with Gasteiger partial charge in [0.1, 0.15) is 17.9 Å².